The van der Waals surface area contributed by atoms with Gasteiger partial charge in [0.25, 0.3) is 15.9 Å². The quantitative estimate of drug-likeness (QED) is 0.554. The fraction of sp³-hybridized carbons (Fsp3) is 0.0909. The topological polar surface area (TPSA) is 114 Å². The van der Waals surface area contributed by atoms with Crippen molar-refractivity contribution in [3.8, 4) is 11.5 Å². The van der Waals surface area contributed by atoms with Crippen molar-refractivity contribution in [1.82, 2.24) is 0 Å². The van der Waals surface area contributed by atoms with E-state index in [1.165, 1.54) is 42.5 Å². The third kappa shape index (κ3) is 4.36. The Bertz CT molecular complexity index is 1270. The summed E-state index contributed by atoms with van der Waals surface area (Å²) in [6, 6.07) is 17.3. The standard InChI is InChI=1S/C22H19N3O5S/c1-2-21(26)23-14-7-10-16(11-8-14)31(28,29)25-15-9-12-19-17(13-15)22(27)24-18-5-3-4-6-20(18)30-19/h3-13,25H,2H2,1H3,(H,23,26)(H,24,27). The summed E-state index contributed by atoms with van der Waals surface area (Å²) in [7, 11) is -3.91. The van der Waals surface area contributed by atoms with Crippen molar-refractivity contribution in [2.75, 3.05) is 15.4 Å². The second-order valence-corrected chi connectivity index (χ2v) is 8.48. The first-order chi connectivity index (χ1) is 14.9. The van der Waals surface area contributed by atoms with Crippen molar-refractivity contribution in [2.24, 2.45) is 0 Å². The Labute approximate surface area is 179 Å². The van der Waals surface area contributed by atoms with E-state index < -0.39 is 15.9 Å². The van der Waals surface area contributed by atoms with Gasteiger partial charge in [0.2, 0.25) is 5.91 Å². The van der Waals surface area contributed by atoms with Gasteiger partial charge in [0.05, 0.1) is 16.1 Å². The normalized spacial score (nSPS) is 12.5. The Morgan fingerprint density at radius 1 is 0.968 bits per heavy atom. The second kappa shape index (κ2) is 8.11. The van der Waals surface area contributed by atoms with Gasteiger partial charge in [0.15, 0.2) is 5.75 Å². The zero-order valence-electron chi connectivity index (χ0n) is 16.5. The minimum atomic E-state index is -3.91. The largest absolute Gasteiger partial charge is 0.454 e. The number of para-hydroxylation sites is 2. The van der Waals surface area contributed by atoms with Crippen LogP contribution in [-0.4, -0.2) is 20.2 Å². The highest BCUT2D eigenvalue weighted by Gasteiger charge is 2.22. The lowest BCUT2D eigenvalue weighted by atomic mass is 10.1. The van der Waals surface area contributed by atoms with Crippen molar-refractivity contribution in [2.45, 2.75) is 18.2 Å². The lowest BCUT2D eigenvalue weighted by molar-refractivity contribution is -0.115. The first-order valence-corrected chi connectivity index (χ1v) is 11.0. The summed E-state index contributed by atoms with van der Waals surface area (Å²) in [5.41, 5.74) is 1.45. The van der Waals surface area contributed by atoms with E-state index in [4.69, 9.17) is 4.74 Å². The molecule has 0 bridgehead atoms. The second-order valence-electron chi connectivity index (χ2n) is 6.79. The number of sulfonamides is 1. The molecule has 0 saturated carbocycles. The van der Waals surface area contributed by atoms with Crippen molar-refractivity contribution in [1.29, 1.82) is 0 Å². The first-order valence-electron chi connectivity index (χ1n) is 9.51. The Kier molecular flexibility index (Phi) is 5.35. The molecule has 8 nitrogen and oxygen atoms in total. The smallest absolute Gasteiger partial charge is 0.261 e. The summed E-state index contributed by atoms with van der Waals surface area (Å²) in [5, 5.41) is 5.41. The molecule has 0 aliphatic carbocycles. The highest BCUT2D eigenvalue weighted by molar-refractivity contribution is 7.92. The molecule has 1 aliphatic rings. The van der Waals surface area contributed by atoms with Crippen LogP contribution in [0.3, 0.4) is 0 Å². The lowest BCUT2D eigenvalue weighted by Crippen LogP contribution is -2.15. The van der Waals surface area contributed by atoms with Gasteiger partial charge < -0.3 is 15.4 Å². The number of amides is 2. The van der Waals surface area contributed by atoms with Gasteiger partial charge >= 0.3 is 0 Å². The minimum Gasteiger partial charge on any atom is -0.454 e. The maximum Gasteiger partial charge on any atom is 0.261 e. The predicted octanol–water partition coefficient (Wildman–Crippen LogP) is 4.19. The molecule has 3 aromatic carbocycles. The number of fused-ring (bicyclic) bond motifs is 2. The van der Waals surface area contributed by atoms with Crippen LogP contribution < -0.4 is 20.1 Å². The molecule has 1 heterocycles. The molecule has 0 radical (unpaired) electrons. The molecule has 3 aromatic rings. The van der Waals surface area contributed by atoms with E-state index in [1.807, 2.05) is 0 Å². The highest BCUT2D eigenvalue weighted by atomic mass is 32.2. The molecule has 0 fully saturated rings. The monoisotopic (exact) mass is 437 g/mol. The fourth-order valence-electron chi connectivity index (χ4n) is 3.01. The van der Waals surface area contributed by atoms with Crippen LogP contribution >= 0.6 is 0 Å². The van der Waals surface area contributed by atoms with Crippen LogP contribution in [0.25, 0.3) is 0 Å². The van der Waals surface area contributed by atoms with Gasteiger partial charge in [-0.15, -0.1) is 0 Å². The summed E-state index contributed by atoms with van der Waals surface area (Å²) >= 11 is 0. The average molecular weight is 437 g/mol. The Hall–Kier alpha value is -3.85. The number of anilines is 3. The van der Waals surface area contributed by atoms with Gasteiger partial charge in [-0.25, -0.2) is 8.42 Å². The number of hydrogen-bond donors (Lipinski definition) is 3. The van der Waals surface area contributed by atoms with Gasteiger partial charge in [-0.05, 0) is 54.6 Å². The number of benzene rings is 3. The molecule has 0 saturated heterocycles. The van der Waals surface area contributed by atoms with Crippen LogP contribution in [0.1, 0.15) is 23.7 Å². The van der Waals surface area contributed by atoms with Crippen molar-refractivity contribution in [3.05, 3.63) is 72.3 Å². The van der Waals surface area contributed by atoms with Crippen molar-refractivity contribution < 1.29 is 22.7 Å². The number of hydrogen-bond acceptors (Lipinski definition) is 5. The minimum absolute atomic E-state index is 0.0186. The molecule has 1 aliphatic heterocycles. The SMILES string of the molecule is CCC(=O)Nc1ccc(S(=O)(=O)Nc2ccc3c(c2)C(=O)Nc2ccccc2O3)cc1. The summed E-state index contributed by atoms with van der Waals surface area (Å²) in [6.07, 6.45) is 0.322. The van der Waals surface area contributed by atoms with Crippen LogP contribution in [0.2, 0.25) is 0 Å². The third-order valence-electron chi connectivity index (χ3n) is 4.60. The molecule has 0 unspecified atom stereocenters. The number of carbonyl (C=O) groups excluding carboxylic acids is 2. The number of ether oxygens (including phenoxy) is 1. The van der Waals surface area contributed by atoms with Gasteiger partial charge in [-0.3, -0.25) is 14.3 Å². The molecule has 31 heavy (non-hydrogen) atoms. The van der Waals surface area contributed by atoms with Crippen molar-refractivity contribution in [3.63, 3.8) is 0 Å². The van der Waals surface area contributed by atoms with Gasteiger partial charge in [-0.1, -0.05) is 19.1 Å². The van der Waals surface area contributed by atoms with E-state index in [0.717, 1.165) is 0 Å². The van der Waals surface area contributed by atoms with Crippen molar-refractivity contribution >= 4 is 38.9 Å². The van der Waals surface area contributed by atoms with E-state index in [1.54, 1.807) is 31.2 Å². The highest BCUT2D eigenvalue weighted by Crippen LogP contribution is 2.36. The van der Waals surface area contributed by atoms with E-state index in [0.29, 0.717) is 29.3 Å². The molecule has 0 atom stereocenters. The van der Waals surface area contributed by atoms with E-state index in [9.17, 15) is 18.0 Å². The number of nitrogens with one attached hydrogen (secondary N) is 3. The fourth-order valence-corrected chi connectivity index (χ4v) is 4.06. The summed E-state index contributed by atoms with van der Waals surface area (Å²) < 4.78 is 33.8. The van der Waals surface area contributed by atoms with Crippen LogP contribution in [0.4, 0.5) is 17.1 Å². The molecule has 4 rings (SSSR count). The average Bonchev–Trinajstić information content (AvgIpc) is 2.89. The molecule has 158 valence electrons. The van der Waals surface area contributed by atoms with Gasteiger partial charge in [-0.2, -0.15) is 0 Å². The lowest BCUT2D eigenvalue weighted by Gasteiger charge is -2.12. The Morgan fingerprint density at radius 2 is 1.68 bits per heavy atom. The number of rotatable bonds is 5. The summed E-state index contributed by atoms with van der Waals surface area (Å²) in [4.78, 5) is 24.1. The zero-order chi connectivity index (χ0) is 22.0. The molecular weight excluding hydrogens is 418 g/mol. The maximum atomic E-state index is 12.8. The number of carbonyl (C=O) groups is 2. The van der Waals surface area contributed by atoms with Crippen LogP contribution in [0.15, 0.2) is 71.6 Å². The molecule has 0 spiro atoms. The van der Waals surface area contributed by atoms with Crippen LogP contribution in [0.5, 0.6) is 11.5 Å². The van der Waals surface area contributed by atoms with Crippen LogP contribution in [0, 0.1) is 0 Å². The van der Waals surface area contributed by atoms with Crippen LogP contribution in [-0.2, 0) is 14.8 Å². The molecule has 0 aromatic heterocycles. The first kappa shape index (κ1) is 20.4. The van der Waals surface area contributed by atoms with E-state index in [2.05, 4.69) is 15.4 Å². The van der Waals surface area contributed by atoms with E-state index in [-0.39, 0.29) is 22.1 Å². The third-order valence-corrected chi connectivity index (χ3v) is 6.00. The molecule has 9 heteroatoms. The maximum absolute atomic E-state index is 12.8. The summed E-state index contributed by atoms with van der Waals surface area (Å²) in [6.45, 7) is 1.72. The van der Waals surface area contributed by atoms with Gasteiger partial charge in [0, 0.05) is 17.8 Å². The summed E-state index contributed by atoms with van der Waals surface area (Å²) in [5.74, 6) is 0.248. The molecular formula is C22H19N3O5S. The zero-order valence-corrected chi connectivity index (χ0v) is 17.3. The molecule has 2 amide bonds. The molecule has 3 N–H and O–H groups in total. The van der Waals surface area contributed by atoms with E-state index >= 15 is 0 Å². The predicted molar refractivity (Wildman–Crippen MR) is 117 cm³/mol. The Balaban J connectivity index is 1.57. The Morgan fingerprint density at radius 3 is 2.42 bits per heavy atom. The van der Waals surface area contributed by atoms with Gasteiger partial charge in [0.1, 0.15) is 5.75 Å².